The maximum Gasteiger partial charge on any atom is 0.240 e. The number of sulfonamides is 2. The van der Waals surface area contributed by atoms with E-state index in [2.05, 4.69) is 4.72 Å². The Labute approximate surface area is 142 Å². The smallest absolute Gasteiger partial charge is 0.225 e. The van der Waals surface area contributed by atoms with Crippen molar-refractivity contribution in [3.8, 4) is 0 Å². The zero-order valence-corrected chi connectivity index (χ0v) is 14.8. The van der Waals surface area contributed by atoms with Gasteiger partial charge in [0.1, 0.15) is 0 Å². The lowest BCUT2D eigenvalue weighted by molar-refractivity contribution is 0.546. The first-order valence-corrected chi connectivity index (χ1v) is 10.4. The van der Waals surface area contributed by atoms with Crippen LogP contribution in [-0.2, 0) is 26.5 Å². The number of primary sulfonamides is 1. The molecule has 8 heteroatoms. The van der Waals surface area contributed by atoms with Crippen LogP contribution in [0, 0.1) is 0 Å². The van der Waals surface area contributed by atoms with E-state index in [1.54, 1.807) is 6.92 Å². The van der Waals surface area contributed by atoms with E-state index < -0.39 is 20.0 Å². The van der Waals surface area contributed by atoms with Gasteiger partial charge in [-0.2, -0.15) is 0 Å². The van der Waals surface area contributed by atoms with Gasteiger partial charge in [-0.1, -0.05) is 36.4 Å². The number of hydrogen-bond donors (Lipinski definition) is 2. The third-order valence-electron chi connectivity index (χ3n) is 3.51. The molecule has 2 rings (SSSR count). The molecule has 0 spiro atoms. The molecular weight excluding hydrogens is 348 g/mol. The topological polar surface area (TPSA) is 106 Å². The average Bonchev–Trinajstić information content (AvgIpc) is 2.53. The third kappa shape index (κ3) is 5.13. The van der Waals surface area contributed by atoms with Crippen molar-refractivity contribution < 1.29 is 16.8 Å². The van der Waals surface area contributed by atoms with Crippen molar-refractivity contribution in [3.05, 3.63) is 60.2 Å². The Balaban J connectivity index is 2.08. The lowest BCUT2D eigenvalue weighted by atomic mass is 10.1. The number of aryl methyl sites for hydroxylation is 1. The molecular formula is C16H20N2O4S2. The van der Waals surface area contributed by atoms with Crippen LogP contribution in [0.25, 0.3) is 0 Å². The molecule has 24 heavy (non-hydrogen) atoms. The van der Waals surface area contributed by atoms with Crippen molar-refractivity contribution in [2.45, 2.75) is 35.6 Å². The van der Waals surface area contributed by atoms with Crippen LogP contribution in [0.15, 0.2) is 64.4 Å². The Morgan fingerprint density at radius 1 is 0.958 bits per heavy atom. The van der Waals surface area contributed by atoms with E-state index in [4.69, 9.17) is 5.14 Å². The number of nitrogens with two attached hydrogens (primary N) is 1. The highest BCUT2D eigenvalue weighted by Gasteiger charge is 2.19. The Morgan fingerprint density at radius 3 is 2.21 bits per heavy atom. The zero-order chi connectivity index (χ0) is 17.8. The summed E-state index contributed by atoms with van der Waals surface area (Å²) in [7, 11) is -7.77. The van der Waals surface area contributed by atoms with Crippen molar-refractivity contribution in [1.29, 1.82) is 0 Å². The number of nitrogens with one attached hydrogen (secondary N) is 1. The van der Waals surface area contributed by atoms with E-state index >= 15 is 0 Å². The monoisotopic (exact) mass is 368 g/mol. The fourth-order valence-corrected chi connectivity index (χ4v) is 4.20. The van der Waals surface area contributed by atoms with Gasteiger partial charge >= 0.3 is 0 Å². The highest BCUT2D eigenvalue weighted by Crippen LogP contribution is 2.15. The standard InChI is InChI=1S/C16H20N2O4S2/c1-13(10-11-14-6-3-2-4-7-14)18-24(21,22)16-9-5-8-15(12-16)23(17,19)20/h2-9,12-13,18H,10-11H2,1H3,(H2,17,19,20)/t13-/m0/s1. The van der Waals surface area contributed by atoms with E-state index in [-0.39, 0.29) is 15.8 Å². The summed E-state index contributed by atoms with van der Waals surface area (Å²) in [5.41, 5.74) is 1.12. The maximum absolute atomic E-state index is 12.4. The van der Waals surface area contributed by atoms with Gasteiger partial charge in [-0.25, -0.2) is 26.7 Å². The summed E-state index contributed by atoms with van der Waals surface area (Å²) in [6, 6.07) is 14.5. The molecule has 3 N–H and O–H groups in total. The van der Waals surface area contributed by atoms with E-state index in [1.807, 2.05) is 30.3 Å². The molecule has 0 saturated heterocycles. The van der Waals surface area contributed by atoms with E-state index in [0.717, 1.165) is 18.1 Å². The molecule has 0 aliphatic heterocycles. The second-order valence-corrected chi connectivity index (χ2v) is 8.84. The molecule has 0 radical (unpaired) electrons. The zero-order valence-electron chi connectivity index (χ0n) is 13.2. The van der Waals surface area contributed by atoms with E-state index in [9.17, 15) is 16.8 Å². The Morgan fingerprint density at radius 2 is 1.58 bits per heavy atom. The molecule has 0 bridgehead atoms. The van der Waals surface area contributed by atoms with Gasteiger partial charge in [0.2, 0.25) is 20.0 Å². The summed E-state index contributed by atoms with van der Waals surface area (Å²) >= 11 is 0. The van der Waals surface area contributed by atoms with Crippen LogP contribution in [0.3, 0.4) is 0 Å². The minimum atomic E-state index is -3.95. The van der Waals surface area contributed by atoms with Gasteiger partial charge in [0, 0.05) is 6.04 Å². The van der Waals surface area contributed by atoms with Gasteiger partial charge in [0.25, 0.3) is 0 Å². The molecule has 0 heterocycles. The van der Waals surface area contributed by atoms with Gasteiger partial charge in [0.15, 0.2) is 0 Å². The van der Waals surface area contributed by atoms with Crippen LogP contribution in [0.4, 0.5) is 0 Å². The largest absolute Gasteiger partial charge is 0.240 e. The van der Waals surface area contributed by atoms with Crippen molar-refractivity contribution in [3.63, 3.8) is 0 Å². The number of hydrogen-bond acceptors (Lipinski definition) is 4. The van der Waals surface area contributed by atoms with E-state index in [0.29, 0.717) is 6.42 Å². The average molecular weight is 368 g/mol. The van der Waals surface area contributed by atoms with E-state index in [1.165, 1.54) is 18.2 Å². The second-order valence-electron chi connectivity index (χ2n) is 5.57. The summed E-state index contributed by atoms with van der Waals surface area (Å²) < 4.78 is 50.0. The number of rotatable bonds is 7. The first-order chi connectivity index (χ1) is 11.2. The molecule has 0 amide bonds. The summed E-state index contributed by atoms with van der Waals surface area (Å²) in [6.07, 6.45) is 1.36. The highest BCUT2D eigenvalue weighted by atomic mass is 32.2. The molecule has 2 aromatic carbocycles. The number of benzene rings is 2. The minimum Gasteiger partial charge on any atom is -0.225 e. The summed E-state index contributed by atoms with van der Waals surface area (Å²) in [6.45, 7) is 1.77. The van der Waals surface area contributed by atoms with Crippen molar-refractivity contribution in [1.82, 2.24) is 4.72 Å². The molecule has 0 unspecified atom stereocenters. The first-order valence-electron chi connectivity index (χ1n) is 7.37. The predicted octanol–water partition coefficient (Wildman–Crippen LogP) is 1.63. The van der Waals surface area contributed by atoms with Crippen molar-refractivity contribution in [2.75, 3.05) is 0 Å². The van der Waals surface area contributed by atoms with Crippen LogP contribution in [0.1, 0.15) is 18.9 Å². The Bertz CT molecular complexity index is 895. The van der Waals surface area contributed by atoms with Crippen molar-refractivity contribution >= 4 is 20.0 Å². The van der Waals surface area contributed by atoms with Gasteiger partial charge in [-0.05, 0) is 43.5 Å². The fraction of sp³-hybridized carbons (Fsp3) is 0.250. The van der Waals surface area contributed by atoms with Gasteiger partial charge in [-0.15, -0.1) is 0 Å². The predicted molar refractivity (Wildman–Crippen MR) is 92.4 cm³/mol. The van der Waals surface area contributed by atoms with Gasteiger partial charge in [0.05, 0.1) is 9.79 Å². The molecule has 0 aromatic heterocycles. The quantitative estimate of drug-likeness (QED) is 0.774. The molecule has 130 valence electrons. The van der Waals surface area contributed by atoms with Crippen LogP contribution >= 0.6 is 0 Å². The molecule has 6 nitrogen and oxygen atoms in total. The molecule has 1 atom stereocenters. The molecule has 0 aliphatic carbocycles. The minimum absolute atomic E-state index is 0.124. The molecule has 0 fully saturated rings. The highest BCUT2D eigenvalue weighted by molar-refractivity contribution is 7.90. The lowest BCUT2D eigenvalue weighted by Gasteiger charge is -2.14. The lowest BCUT2D eigenvalue weighted by Crippen LogP contribution is -2.33. The molecule has 0 aliphatic rings. The van der Waals surface area contributed by atoms with Crippen LogP contribution in [0.5, 0.6) is 0 Å². The fourth-order valence-electron chi connectivity index (χ4n) is 2.24. The third-order valence-corrected chi connectivity index (χ3v) is 6.01. The van der Waals surface area contributed by atoms with Crippen LogP contribution in [0.2, 0.25) is 0 Å². The van der Waals surface area contributed by atoms with Crippen LogP contribution < -0.4 is 9.86 Å². The Kier molecular flexibility index (Phi) is 5.76. The summed E-state index contributed by atoms with van der Waals surface area (Å²) in [5.74, 6) is 0. The SMILES string of the molecule is C[C@@H](CCc1ccccc1)NS(=O)(=O)c1cccc(S(N)(=O)=O)c1. The van der Waals surface area contributed by atoms with Gasteiger partial charge < -0.3 is 0 Å². The normalized spacial score (nSPS) is 13.6. The second kappa shape index (κ2) is 7.43. The maximum atomic E-state index is 12.4. The first kappa shape index (κ1) is 18.6. The Hall–Kier alpha value is -1.74. The van der Waals surface area contributed by atoms with Crippen molar-refractivity contribution in [2.24, 2.45) is 5.14 Å². The van der Waals surface area contributed by atoms with Crippen LogP contribution in [-0.4, -0.2) is 22.9 Å². The molecule has 0 saturated carbocycles. The molecule has 2 aromatic rings. The summed E-state index contributed by atoms with van der Waals surface area (Å²) in [5, 5.41) is 5.04. The summed E-state index contributed by atoms with van der Waals surface area (Å²) in [4.78, 5) is -0.358. The van der Waals surface area contributed by atoms with Gasteiger partial charge in [-0.3, -0.25) is 0 Å².